The van der Waals surface area contributed by atoms with Gasteiger partial charge in [0.05, 0.1) is 23.3 Å². The second-order valence-electron chi connectivity index (χ2n) is 6.26. The number of aromatic nitrogens is 2. The maximum atomic E-state index is 12.7. The molecule has 0 atom stereocenters. The minimum absolute atomic E-state index is 0.0147. The summed E-state index contributed by atoms with van der Waals surface area (Å²) < 4.78 is 30.3. The van der Waals surface area contributed by atoms with E-state index in [-0.39, 0.29) is 16.2 Å². The molecule has 0 fully saturated rings. The van der Waals surface area contributed by atoms with Crippen LogP contribution in [0, 0.1) is 0 Å². The molecule has 9 heteroatoms. The lowest BCUT2D eigenvalue weighted by Gasteiger charge is -2.09. The van der Waals surface area contributed by atoms with E-state index >= 15 is 0 Å². The number of carbonyl (C=O) groups is 1. The van der Waals surface area contributed by atoms with Gasteiger partial charge in [0.2, 0.25) is 5.13 Å². The van der Waals surface area contributed by atoms with E-state index in [0.29, 0.717) is 23.0 Å². The van der Waals surface area contributed by atoms with Crippen molar-refractivity contribution in [2.75, 3.05) is 18.2 Å². The van der Waals surface area contributed by atoms with Crippen LogP contribution in [0.5, 0.6) is 5.75 Å². The maximum Gasteiger partial charge on any atom is 0.258 e. The molecule has 0 aliphatic carbocycles. The van der Waals surface area contributed by atoms with Gasteiger partial charge in [-0.25, -0.2) is 8.42 Å². The molecule has 0 saturated heterocycles. The molecule has 3 rings (SSSR count). The number of anilines is 1. The highest BCUT2D eigenvalue weighted by Gasteiger charge is 2.22. The van der Waals surface area contributed by atoms with E-state index in [9.17, 15) is 13.2 Å². The van der Waals surface area contributed by atoms with E-state index in [1.165, 1.54) is 23.5 Å². The van der Waals surface area contributed by atoms with Crippen LogP contribution in [0.3, 0.4) is 0 Å². The van der Waals surface area contributed by atoms with Crippen LogP contribution in [0.4, 0.5) is 5.13 Å². The van der Waals surface area contributed by atoms with E-state index in [2.05, 4.69) is 15.5 Å². The standard InChI is InChI=1S/C20H21N3O4S2/c1-3-12-29(25,26)17-11-7-5-9-15(17)19(24)21-20-23-22-18(28-20)13-14-8-4-6-10-16(14)27-2/h4-11H,3,12-13H2,1-2H3,(H,21,23,24). The first-order valence-electron chi connectivity index (χ1n) is 9.02. The van der Waals surface area contributed by atoms with Crippen LogP contribution in [-0.4, -0.2) is 37.4 Å². The molecule has 1 heterocycles. The molecule has 1 aromatic heterocycles. The third-order valence-electron chi connectivity index (χ3n) is 4.16. The zero-order valence-corrected chi connectivity index (χ0v) is 17.7. The summed E-state index contributed by atoms with van der Waals surface area (Å²) in [6, 6.07) is 13.8. The van der Waals surface area contributed by atoms with Gasteiger partial charge in [-0.15, -0.1) is 10.2 Å². The second-order valence-corrected chi connectivity index (χ2v) is 9.40. The summed E-state index contributed by atoms with van der Waals surface area (Å²) in [6.07, 6.45) is 0.986. The normalized spacial score (nSPS) is 11.2. The quantitative estimate of drug-likeness (QED) is 0.585. The average Bonchev–Trinajstić information content (AvgIpc) is 3.15. The predicted molar refractivity (Wildman–Crippen MR) is 112 cm³/mol. The fourth-order valence-electron chi connectivity index (χ4n) is 2.86. The molecule has 0 saturated carbocycles. The Balaban J connectivity index is 1.78. The SMILES string of the molecule is CCCS(=O)(=O)c1ccccc1C(=O)Nc1nnc(Cc2ccccc2OC)s1. The van der Waals surface area contributed by atoms with Crippen molar-refractivity contribution >= 4 is 32.2 Å². The number of hydrogen-bond acceptors (Lipinski definition) is 7. The van der Waals surface area contributed by atoms with Crippen molar-refractivity contribution in [2.45, 2.75) is 24.7 Å². The molecule has 0 spiro atoms. The molecule has 1 amide bonds. The first kappa shape index (κ1) is 20.9. The first-order chi connectivity index (χ1) is 13.9. The number of methoxy groups -OCH3 is 1. The molecule has 3 aromatic rings. The van der Waals surface area contributed by atoms with Crippen molar-refractivity contribution in [3.8, 4) is 5.75 Å². The van der Waals surface area contributed by atoms with Crippen LogP contribution in [0.15, 0.2) is 53.4 Å². The van der Waals surface area contributed by atoms with Crippen LogP contribution in [0.2, 0.25) is 0 Å². The molecule has 0 unspecified atom stereocenters. The lowest BCUT2D eigenvalue weighted by molar-refractivity contribution is 0.102. The van der Waals surface area contributed by atoms with Gasteiger partial charge in [-0.2, -0.15) is 0 Å². The Kier molecular flexibility index (Phi) is 6.60. The smallest absolute Gasteiger partial charge is 0.258 e. The van der Waals surface area contributed by atoms with Gasteiger partial charge in [0, 0.05) is 12.0 Å². The zero-order valence-electron chi connectivity index (χ0n) is 16.1. The Hall–Kier alpha value is -2.78. The number of carbonyl (C=O) groups excluding carboxylic acids is 1. The Bertz CT molecular complexity index is 1110. The number of rotatable bonds is 8. The topological polar surface area (TPSA) is 98.2 Å². The fraction of sp³-hybridized carbons (Fsp3) is 0.250. The Morgan fingerprint density at radius 2 is 1.83 bits per heavy atom. The molecule has 0 aliphatic rings. The van der Waals surface area contributed by atoms with Gasteiger partial charge in [0.1, 0.15) is 10.8 Å². The van der Waals surface area contributed by atoms with E-state index < -0.39 is 15.7 Å². The molecule has 1 N–H and O–H groups in total. The van der Waals surface area contributed by atoms with Crippen molar-refractivity contribution in [3.63, 3.8) is 0 Å². The molecule has 0 bridgehead atoms. The van der Waals surface area contributed by atoms with Crippen LogP contribution in [-0.2, 0) is 16.3 Å². The fourth-order valence-corrected chi connectivity index (χ4v) is 5.15. The molecule has 7 nitrogen and oxygen atoms in total. The second kappa shape index (κ2) is 9.15. The first-order valence-corrected chi connectivity index (χ1v) is 11.5. The maximum absolute atomic E-state index is 12.7. The highest BCUT2D eigenvalue weighted by Crippen LogP contribution is 2.25. The van der Waals surface area contributed by atoms with Crippen LogP contribution in [0.1, 0.15) is 34.3 Å². The highest BCUT2D eigenvalue weighted by atomic mass is 32.2. The Labute approximate surface area is 173 Å². The zero-order chi connectivity index (χ0) is 20.9. The lowest BCUT2D eigenvalue weighted by atomic mass is 10.1. The summed E-state index contributed by atoms with van der Waals surface area (Å²) >= 11 is 1.23. The molecular formula is C20H21N3O4S2. The van der Waals surface area contributed by atoms with Gasteiger partial charge in [-0.3, -0.25) is 10.1 Å². The summed E-state index contributed by atoms with van der Waals surface area (Å²) in [7, 11) is -1.92. The number of hydrogen-bond donors (Lipinski definition) is 1. The minimum Gasteiger partial charge on any atom is -0.496 e. The molecule has 0 radical (unpaired) electrons. The van der Waals surface area contributed by atoms with Crippen molar-refractivity contribution in [3.05, 3.63) is 64.7 Å². The summed E-state index contributed by atoms with van der Waals surface area (Å²) in [6.45, 7) is 1.78. The molecule has 152 valence electrons. The van der Waals surface area contributed by atoms with E-state index in [1.807, 2.05) is 24.3 Å². The van der Waals surface area contributed by atoms with Crippen LogP contribution in [0.25, 0.3) is 0 Å². The van der Waals surface area contributed by atoms with Gasteiger partial charge in [0.25, 0.3) is 5.91 Å². The molecule has 2 aromatic carbocycles. The van der Waals surface area contributed by atoms with Gasteiger partial charge in [-0.1, -0.05) is 48.6 Å². The van der Waals surface area contributed by atoms with E-state index in [0.717, 1.165) is 11.3 Å². The number of sulfone groups is 1. The number of amides is 1. The van der Waals surface area contributed by atoms with Crippen molar-refractivity contribution in [1.29, 1.82) is 0 Å². The Morgan fingerprint density at radius 1 is 1.10 bits per heavy atom. The number of benzene rings is 2. The van der Waals surface area contributed by atoms with Crippen molar-refractivity contribution < 1.29 is 17.9 Å². The summed E-state index contributed by atoms with van der Waals surface area (Å²) in [5.74, 6) is 0.211. The van der Waals surface area contributed by atoms with Crippen molar-refractivity contribution in [2.24, 2.45) is 0 Å². The number of nitrogens with zero attached hydrogens (tertiary/aromatic N) is 2. The third-order valence-corrected chi connectivity index (χ3v) is 6.97. The van der Waals surface area contributed by atoms with Gasteiger partial charge >= 0.3 is 0 Å². The number of ether oxygens (including phenoxy) is 1. The number of nitrogens with one attached hydrogen (secondary N) is 1. The monoisotopic (exact) mass is 431 g/mol. The summed E-state index contributed by atoms with van der Waals surface area (Å²) in [5.41, 5.74) is 1.06. The molecule has 29 heavy (non-hydrogen) atoms. The Morgan fingerprint density at radius 3 is 2.59 bits per heavy atom. The van der Waals surface area contributed by atoms with Crippen molar-refractivity contribution in [1.82, 2.24) is 10.2 Å². The third kappa shape index (κ3) is 4.99. The van der Waals surface area contributed by atoms with Gasteiger partial charge in [-0.05, 0) is 24.6 Å². The summed E-state index contributed by atoms with van der Waals surface area (Å²) in [5, 5.41) is 11.8. The van der Waals surface area contributed by atoms with E-state index in [4.69, 9.17) is 4.74 Å². The minimum atomic E-state index is -3.53. The largest absolute Gasteiger partial charge is 0.496 e. The lowest BCUT2D eigenvalue weighted by Crippen LogP contribution is -2.17. The predicted octanol–water partition coefficient (Wildman–Crippen LogP) is 3.57. The molecular weight excluding hydrogens is 410 g/mol. The summed E-state index contributed by atoms with van der Waals surface area (Å²) in [4.78, 5) is 12.7. The highest BCUT2D eigenvalue weighted by molar-refractivity contribution is 7.91. The van der Waals surface area contributed by atoms with Crippen LogP contribution < -0.4 is 10.1 Å². The van der Waals surface area contributed by atoms with Gasteiger partial charge in [0.15, 0.2) is 9.84 Å². The van der Waals surface area contributed by atoms with Crippen LogP contribution >= 0.6 is 11.3 Å². The van der Waals surface area contributed by atoms with E-state index in [1.54, 1.807) is 26.2 Å². The average molecular weight is 432 g/mol. The molecule has 0 aliphatic heterocycles. The number of para-hydroxylation sites is 1. The van der Waals surface area contributed by atoms with Gasteiger partial charge < -0.3 is 4.74 Å².